The van der Waals surface area contributed by atoms with Gasteiger partial charge in [-0.1, -0.05) is 20.8 Å². The standard InChI is InChI=1S/C13H23NO3/c1-9(5-6-12(2,3)4)14-10(15)13(7-8-13)11(16)17/h9H,5-8H2,1-4H3,(H,14,15)(H,16,17). The van der Waals surface area contributed by atoms with Gasteiger partial charge in [-0.25, -0.2) is 0 Å². The number of carboxylic acid groups (broad SMARTS) is 1. The molecule has 98 valence electrons. The van der Waals surface area contributed by atoms with Crippen LogP contribution in [0.25, 0.3) is 0 Å². The highest BCUT2D eigenvalue weighted by molar-refractivity contribution is 6.04. The average molecular weight is 241 g/mol. The molecule has 0 heterocycles. The molecule has 1 saturated carbocycles. The molecular formula is C13H23NO3. The van der Waals surface area contributed by atoms with Crippen LogP contribution >= 0.6 is 0 Å². The maximum atomic E-state index is 11.8. The van der Waals surface area contributed by atoms with E-state index in [1.807, 2.05) is 6.92 Å². The normalized spacial score (nSPS) is 19.5. The average Bonchev–Trinajstić information content (AvgIpc) is 2.94. The topological polar surface area (TPSA) is 66.4 Å². The molecule has 0 saturated heterocycles. The Morgan fingerprint density at radius 2 is 1.88 bits per heavy atom. The van der Waals surface area contributed by atoms with Gasteiger partial charge in [-0.15, -0.1) is 0 Å². The molecule has 1 amide bonds. The molecule has 1 aliphatic carbocycles. The molecule has 1 unspecified atom stereocenters. The van der Waals surface area contributed by atoms with E-state index in [-0.39, 0.29) is 17.4 Å². The van der Waals surface area contributed by atoms with Crippen molar-refractivity contribution in [1.29, 1.82) is 0 Å². The number of carboxylic acids is 1. The summed E-state index contributed by atoms with van der Waals surface area (Å²) in [5.41, 5.74) is -0.876. The van der Waals surface area contributed by atoms with Crippen molar-refractivity contribution in [2.24, 2.45) is 10.8 Å². The van der Waals surface area contributed by atoms with Gasteiger partial charge in [-0.05, 0) is 38.0 Å². The first-order chi connectivity index (χ1) is 7.67. The van der Waals surface area contributed by atoms with Crippen LogP contribution in [0, 0.1) is 10.8 Å². The first-order valence-corrected chi connectivity index (χ1v) is 6.22. The van der Waals surface area contributed by atoms with E-state index in [1.165, 1.54) is 0 Å². The quantitative estimate of drug-likeness (QED) is 0.725. The fourth-order valence-corrected chi connectivity index (χ4v) is 1.75. The zero-order chi connectivity index (χ0) is 13.3. The van der Waals surface area contributed by atoms with Gasteiger partial charge in [0.1, 0.15) is 5.41 Å². The first kappa shape index (κ1) is 14.0. The van der Waals surface area contributed by atoms with Crippen LogP contribution in [-0.2, 0) is 9.59 Å². The van der Waals surface area contributed by atoms with E-state index in [0.717, 1.165) is 12.8 Å². The van der Waals surface area contributed by atoms with Crippen LogP contribution in [0.4, 0.5) is 0 Å². The van der Waals surface area contributed by atoms with Gasteiger partial charge in [0.25, 0.3) is 0 Å². The minimum atomic E-state index is -1.12. The van der Waals surface area contributed by atoms with Gasteiger partial charge in [-0.3, -0.25) is 9.59 Å². The summed E-state index contributed by atoms with van der Waals surface area (Å²) in [6.07, 6.45) is 2.83. The van der Waals surface area contributed by atoms with Crippen molar-refractivity contribution in [2.45, 2.75) is 59.4 Å². The molecule has 0 bridgehead atoms. The second-order valence-corrected chi connectivity index (χ2v) is 6.36. The molecule has 0 radical (unpaired) electrons. The highest BCUT2D eigenvalue weighted by Crippen LogP contribution is 2.46. The number of rotatable bonds is 5. The number of carbonyl (C=O) groups is 2. The predicted molar refractivity (Wildman–Crippen MR) is 65.6 cm³/mol. The zero-order valence-electron chi connectivity index (χ0n) is 11.2. The van der Waals surface area contributed by atoms with E-state index in [1.54, 1.807) is 0 Å². The van der Waals surface area contributed by atoms with Gasteiger partial charge in [-0.2, -0.15) is 0 Å². The van der Waals surface area contributed by atoms with E-state index in [0.29, 0.717) is 12.8 Å². The lowest BCUT2D eigenvalue weighted by molar-refractivity contribution is -0.149. The number of carbonyl (C=O) groups excluding carboxylic acids is 1. The fraction of sp³-hybridized carbons (Fsp3) is 0.846. The van der Waals surface area contributed by atoms with E-state index in [9.17, 15) is 9.59 Å². The molecule has 17 heavy (non-hydrogen) atoms. The number of amides is 1. The summed E-state index contributed by atoms with van der Waals surface area (Å²) in [6.45, 7) is 8.39. The summed E-state index contributed by atoms with van der Waals surface area (Å²) in [5, 5.41) is 11.8. The Hall–Kier alpha value is -1.06. The van der Waals surface area contributed by atoms with Gasteiger partial charge in [0.2, 0.25) is 5.91 Å². The highest BCUT2D eigenvalue weighted by atomic mass is 16.4. The lowest BCUT2D eigenvalue weighted by Crippen LogP contribution is -2.41. The summed E-state index contributed by atoms with van der Waals surface area (Å²) in [5.74, 6) is -1.30. The van der Waals surface area contributed by atoms with Crippen LogP contribution in [0.1, 0.15) is 53.4 Å². The number of hydrogen-bond donors (Lipinski definition) is 2. The molecule has 4 nitrogen and oxygen atoms in total. The maximum Gasteiger partial charge on any atom is 0.319 e. The third-order valence-corrected chi connectivity index (χ3v) is 3.30. The smallest absolute Gasteiger partial charge is 0.319 e. The Labute approximate surface area is 103 Å². The van der Waals surface area contributed by atoms with Crippen LogP contribution in [0.15, 0.2) is 0 Å². The summed E-state index contributed by atoms with van der Waals surface area (Å²) >= 11 is 0. The van der Waals surface area contributed by atoms with Crippen molar-refractivity contribution in [3.05, 3.63) is 0 Å². The van der Waals surface area contributed by atoms with Crippen molar-refractivity contribution >= 4 is 11.9 Å². The van der Waals surface area contributed by atoms with Gasteiger partial charge in [0.05, 0.1) is 0 Å². The molecule has 1 atom stereocenters. The van der Waals surface area contributed by atoms with Gasteiger partial charge < -0.3 is 10.4 Å². The second kappa shape index (κ2) is 4.67. The first-order valence-electron chi connectivity index (χ1n) is 6.22. The van der Waals surface area contributed by atoms with E-state index in [2.05, 4.69) is 26.1 Å². The number of nitrogens with one attached hydrogen (secondary N) is 1. The van der Waals surface area contributed by atoms with Crippen molar-refractivity contribution in [1.82, 2.24) is 5.32 Å². The summed E-state index contributed by atoms with van der Waals surface area (Å²) in [4.78, 5) is 22.8. The Morgan fingerprint density at radius 1 is 1.35 bits per heavy atom. The van der Waals surface area contributed by atoms with Gasteiger partial charge in [0.15, 0.2) is 0 Å². The number of aliphatic carboxylic acids is 1. The monoisotopic (exact) mass is 241 g/mol. The lowest BCUT2D eigenvalue weighted by Gasteiger charge is -2.22. The maximum absolute atomic E-state index is 11.8. The van der Waals surface area contributed by atoms with E-state index >= 15 is 0 Å². The van der Waals surface area contributed by atoms with Gasteiger partial charge >= 0.3 is 5.97 Å². The van der Waals surface area contributed by atoms with Crippen LogP contribution in [0.2, 0.25) is 0 Å². The SMILES string of the molecule is CC(CCC(C)(C)C)NC(=O)C1(C(=O)O)CC1. The molecule has 2 N–H and O–H groups in total. The Bertz CT molecular complexity index is 313. The summed E-state index contributed by atoms with van der Waals surface area (Å²) in [7, 11) is 0. The fourth-order valence-electron chi connectivity index (χ4n) is 1.75. The minimum absolute atomic E-state index is 0.0403. The van der Waals surface area contributed by atoms with Gasteiger partial charge in [0, 0.05) is 6.04 Å². The van der Waals surface area contributed by atoms with Crippen LogP contribution in [0.5, 0.6) is 0 Å². The predicted octanol–water partition coefficient (Wildman–Crippen LogP) is 2.18. The van der Waals surface area contributed by atoms with Crippen LogP contribution in [-0.4, -0.2) is 23.0 Å². The van der Waals surface area contributed by atoms with Crippen LogP contribution in [0.3, 0.4) is 0 Å². The minimum Gasteiger partial charge on any atom is -0.480 e. The summed E-state index contributed by atoms with van der Waals surface area (Å²) < 4.78 is 0. The zero-order valence-corrected chi connectivity index (χ0v) is 11.2. The molecule has 4 heteroatoms. The largest absolute Gasteiger partial charge is 0.480 e. The lowest BCUT2D eigenvalue weighted by atomic mass is 9.89. The van der Waals surface area contributed by atoms with Crippen molar-refractivity contribution < 1.29 is 14.7 Å². The Kier molecular flexibility index (Phi) is 3.84. The van der Waals surface area contributed by atoms with Crippen molar-refractivity contribution in [2.75, 3.05) is 0 Å². The molecule has 0 aromatic carbocycles. The highest BCUT2D eigenvalue weighted by Gasteiger charge is 2.57. The van der Waals surface area contributed by atoms with Crippen LogP contribution < -0.4 is 5.32 Å². The van der Waals surface area contributed by atoms with E-state index in [4.69, 9.17) is 5.11 Å². The molecule has 0 aromatic heterocycles. The molecule has 1 aliphatic rings. The molecule has 1 fully saturated rings. The molecule has 1 rings (SSSR count). The molecular weight excluding hydrogens is 218 g/mol. The Morgan fingerprint density at radius 3 is 2.24 bits per heavy atom. The molecule has 0 aliphatic heterocycles. The molecule has 0 aromatic rings. The second-order valence-electron chi connectivity index (χ2n) is 6.36. The Balaban J connectivity index is 2.39. The molecule has 0 spiro atoms. The third-order valence-electron chi connectivity index (χ3n) is 3.30. The number of hydrogen-bond acceptors (Lipinski definition) is 2. The third kappa shape index (κ3) is 3.72. The van der Waals surface area contributed by atoms with E-state index < -0.39 is 11.4 Å². The summed E-state index contributed by atoms with van der Waals surface area (Å²) in [6, 6.07) is 0.0403. The van der Waals surface area contributed by atoms with Crippen molar-refractivity contribution in [3.63, 3.8) is 0 Å². The van der Waals surface area contributed by atoms with Crippen molar-refractivity contribution in [3.8, 4) is 0 Å².